The highest BCUT2D eigenvalue weighted by Crippen LogP contribution is 2.37. The van der Waals surface area contributed by atoms with E-state index in [0.29, 0.717) is 17.1 Å². The van der Waals surface area contributed by atoms with E-state index in [0.717, 1.165) is 18.4 Å². The van der Waals surface area contributed by atoms with Gasteiger partial charge in [0, 0.05) is 7.05 Å². The van der Waals surface area contributed by atoms with Gasteiger partial charge >= 0.3 is 0 Å². The molecule has 1 aliphatic heterocycles. The monoisotopic (exact) mass is 402 g/mol. The maximum atomic E-state index is 12.7. The third kappa shape index (κ3) is 3.99. The number of ether oxygens (including phenoxy) is 1. The summed E-state index contributed by atoms with van der Waals surface area (Å²) in [6.07, 6.45) is 1.92. The lowest BCUT2D eigenvalue weighted by atomic mass is 9.93. The van der Waals surface area contributed by atoms with Crippen LogP contribution in [0.2, 0.25) is 0 Å². The van der Waals surface area contributed by atoms with Gasteiger partial charge in [-0.3, -0.25) is 9.52 Å². The first-order valence-electron chi connectivity index (χ1n) is 9.31. The van der Waals surface area contributed by atoms with Crippen molar-refractivity contribution >= 4 is 27.3 Å². The van der Waals surface area contributed by atoms with Gasteiger partial charge in [-0.2, -0.15) is 0 Å². The molecule has 7 heteroatoms. The number of carbonyl (C=O) groups excluding carboxylic acids is 1. The van der Waals surface area contributed by atoms with Crippen molar-refractivity contribution in [1.82, 2.24) is 0 Å². The van der Waals surface area contributed by atoms with Gasteiger partial charge in [-0.25, -0.2) is 8.42 Å². The number of aryl methyl sites for hydroxylation is 1. The topological polar surface area (TPSA) is 75.7 Å². The number of anilines is 2. The van der Waals surface area contributed by atoms with Crippen LogP contribution in [0.15, 0.2) is 47.4 Å². The van der Waals surface area contributed by atoms with Gasteiger partial charge in [0.15, 0.2) is 0 Å². The minimum atomic E-state index is -3.73. The first kappa shape index (κ1) is 20.2. The number of hydrogen-bond acceptors (Lipinski definition) is 4. The second-order valence-electron chi connectivity index (χ2n) is 7.72. The molecule has 0 radical (unpaired) electrons. The first-order chi connectivity index (χ1) is 13.1. The van der Waals surface area contributed by atoms with Crippen LogP contribution in [-0.2, 0) is 21.2 Å². The van der Waals surface area contributed by atoms with Crippen LogP contribution < -0.4 is 14.4 Å². The third-order valence-electron chi connectivity index (χ3n) is 4.82. The summed E-state index contributed by atoms with van der Waals surface area (Å²) < 4.78 is 33.8. The molecule has 0 bridgehead atoms. The lowest BCUT2D eigenvalue weighted by molar-refractivity contribution is -0.127. The Balaban J connectivity index is 1.88. The summed E-state index contributed by atoms with van der Waals surface area (Å²) in [5.74, 6) is 0.464. The fraction of sp³-hybridized carbons (Fsp3) is 0.381. The molecular weight excluding hydrogens is 376 g/mol. The van der Waals surface area contributed by atoms with E-state index in [1.165, 1.54) is 4.90 Å². The minimum Gasteiger partial charge on any atom is -0.490 e. The van der Waals surface area contributed by atoms with E-state index in [9.17, 15) is 13.2 Å². The number of benzene rings is 2. The van der Waals surface area contributed by atoms with Crippen molar-refractivity contribution in [2.24, 2.45) is 5.41 Å². The van der Waals surface area contributed by atoms with Gasteiger partial charge in [-0.15, -0.1) is 0 Å². The van der Waals surface area contributed by atoms with Gasteiger partial charge in [0.1, 0.15) is 12.4 Å². The fourth-order valence-electron chi connectivity index (χ4n) is 3.19. The molecule has 6 nitrogen and oxygen atoms in total. The summed E-state index contributed by atoms with van der Waals surface area (Å²) in [6.45, 7) is 5.99. The minimum absolute atomic E-state index is 0.0854. The molecule has 1 amide bonds. The smallest absolute Gasteiger partial charge is 0.261 e. The van der Waals surface area contributed by atoms with E-state index in [1.54, 1.807) is 37.4 Å². The average molecular weight is 403 g/mol. The summed E-state index contributed by atoms with van der Waals surface area (Å²) in [5, 5.41) is 0. The van der Waals surface area contributed by atoms with Crippen molar-refractivity contribution in [3.05, 3.63) is 48.0 Å². The molecule has 0 saturated heterocycles. The SMILES string of the molecule is CCCc1ccc(S(=O)(=O)Nc2ccc3c(c2)N(C)C(=O)C(C)(C)CO3)cc1. The van der Waals surface area contributed by atoms with E-state index in [-0.39, 0.29) is 17.4 Å². The maximum absolute atomic E-state index is 12.7. The van der Waals surface area contributed by atoms with Gasteiger partial charge in [0.05, 0.1) is 21.7 Å². The summed E-state index contributed by atoms with van der Waals surface area (Å²) >= 11 is 0. The molecule has 0 fully saturated rings. The molecule has 1 aliphatic rings. The zero-order chi connectivity index (χ0) is 20.5. The molecule has 0 unspecified atom stereocenters. The summed E-state index contributed by atoms with van der Waals surface area (Å²) in [6, 6.07) is 11.8. The molecule has 0 aromatic heterocycles. The Bertz CT molecular complexity index is 982. The average Bonchev–Trinajstić information content (AvgIpc) is 2.73. The second-order valence-corrected chi connectivity index (χ2v) is 9.40. The van der Waals surface area contributed by atoms with Gasteiger partial charge in [0.25, 0.3) is 10.0 Å². The van der Waals surface area contributed by atoms with Crippen LogP contribution in [0, 0.1) is 5.41 Å². The number of amides is 1. The lowest BCUT2D eigenvalue weighted by Gasteiger charge is -2.24. The maximum Gasteiger partial charge on any atom is 0.261 e. The van der Waals surface area contributed by atoms with Crippen molar-refractivity contribution in [2.45, 2.75) is 38.5 Å². The normalized spacial score (nSPS) is 16.1. The van der Waals surface area contributed by atoms with Gasteiger partial charge in [0.2, 0.25) is 5.91 Å². The Kier molecular flexibility index (Phi) is 5.39. The van der Waals surface area contributed by atoms with Crippen molar-refractivity contribution in [2.75, 3.05) is 23.3 Å². The Labute approximate surface area is 166 Å². The Morgan fingerprint density at radius 2 is 1.82 bits per heavy atom. The molecular formula is C21H26N2O4S. The summed E-state index contributed by atoms with van der Waals surface area (Å²) in [7, 11) is -2.06. The van der Waals surface area contributed by atoms with Crippen LogP contribution in [0.3, 0.4) is 0 Å². The number of hydrogen-bond donors (Lipinski definition) is 1. The predicted molar refractivity (Wildman–Crippen MR) is 110 cm³/mol. The van der Waals surface area contributed by atoms with Crippen molar-refractivity contribution < 1.29 is 17.9 Å². The Morgan fingerprint density at radius 3 is 2.46 bits per heavy atom. The molecule has 0 atom stereocenters. The van der Waals surface area contributed by atoms with E-state index in [4.69, 9.17) is 4.74 Å². The van der Waals surface area contributed by atoms with Gasteiger partial charge in [-0.05, 0) is 56.2 Å². The number of nitrogens with zero attached hydrogens (tertiary/aromatic N) is 1. The van der Waals surface area contributed by atoms with E-state index in [1.807, 2.05) is 26.0 Å². The third-order valence-corrected chi connectivity index (χ3v) is 6.21. The number of fused-ring (bicyclic) bond motifs is 1. The zero-order valence-electron chi connectivity index (χ0n) is 16.7. The van der Waals surface area contributed by atoms with E-state index in [2.05, 4.69) is 11.6 Å². The number of carbonyl (C=O) groups is 1. The standard InChI is InChI=1S/C21H26N2O4S/c1-5-6-15-7-10-17(11-8-15)28(25,26)22-16-9-12-19-18(13-16)23(4)20(24)21(2,3)14-27-19/h7-13,22H,5-6,14H2,1-4H3. The van der Waals surface area contributed by atoms with Gasteiger partial charge in [-0.1, -0.05) is 25.5 Å². The van der Waals surface area contributed by atoms with E-state index >= 15 is 0 Å². The fourth-order valence-corrected chi connectivity index (χ4v) is 4.24. The van der Waals surface area contributed by atoms with Crippen molar-refractivity contribution in [3.63, 3.8) is 0 Å². The molecule has 1 N–H and O–H groups in total. The Morgan fingerprint density at radius 1 is 1.14 bits per heavy atom. The highest BCUT2D eigenvalue weighted by atomic mass is 32.2. The quantitative estimate of drug-likeness (QED) is 0.825. The summed E-state index contributed by atoms with van der Waals surface area (Å²) in [4.78, 5) is 14.4. The van der Waals surface area contributed by atoms with Crippen LogP contribution in [-0.4, -0.2) is 28.0 Å². The number of sulfonamides is 1. The Hall–Kier alpha value is -2.54. The second kappa shape index (κ2) is 7.47. The molecule has 0 spiro atoms. The molecule has 0 aliphatic carbocycles. The highest BCUT2D eigenvalue weighted by molar-refractivity contribution is 7.92. The van der Waals surface area contributed by atoms with Crippen LogP contribution in [0.5, 0.6) is 5.75 Å². The number of rotatable bonds is 5. The lowest BCUT2D eigenvalue weighted by Crippen LogP contribution is -2.39. The molecule has 1 heterocycles. The van der Waals surface area contributed by atoms with Crippen LogP contribution >= 0.6 is 0 Å². The van der Waals surface area contributed by atoms with Crippen LogP contribution in [0.25, 0.3) is 0 Å². The van der Waals surface area contributed by atoms with Gasteiger partial charge < -0.3 is 9.64 Å². The largest absolute Gasteiger partial charge is 0.490 e. The molecule has 2 aromatic rings. The zero-order valence-corrected chi connectivity index (χ0v) is 17.5. The molecule has 28 heavy (non-hydrogen) atoms. The van der Waals surface area contributed by atoms with Crippen LogP contribution in [0.4, 0.5) is 11.4 Å². The van der Waals surface area contributed by atoms with Crippen molar-refractivity contribution in [1.29, 1.82) is 0 Å². The first-order valence-corrected chi connectivity index (χ1v) is 10.8. The number of nitrogens with one attached hydrogen (secondary N) is 1. The summed E-state index contributed by atoms with van der Waals surface area (Å²) in [5.41, 5.74) is 1.35. The van der Waals surface area contributed by atoms with E-state index < -0.39 is 15.4 Å². The molecule has 2 aromatic carbocycles. The molecule has 150 valence electrons. The molecule has 0 saturated carbocycles. The highest BCUT2D eigenvalue weighted by Gasteiger charge is 2.36. The molecule has 3 rings (SSSR count). The van der Waals surface area contributed by atoms with Crippen molar-refractivity contribution in [3.8, 4) is 5.75 Å². The predicted octanol–water partition coefficient (Wildman–Crippen LogP) is 3.82. The van der Waals surface area contributed by atoms with Crippen LogP contribution in [0.1, 0.15) is 32.8 Å².